The Kier molecular flexibility index (Phi) is 7.79. The van der Waals surface area contributed by atoms with Gasteiger partial charge >= 0.3 is 6.36 Å². The average Bonchev–Trinajstić information content (AvgIpc) is 2.76. The van der Waals surface area contributed by atoms with Crippen LogP contribution in [-0.4, -0.2) is 80.4 Å². The van der Waals surface area contributed by atoms with E-state index in [-0.39, 0.29) is 11.7 Å². The zero-order valence-electron chi connectivity index (χ0n) is 18.2. The van der Waals surface area contributed by atoms with Crippen molar-refractivity contribution in [2.45, 2.75) is 12.8 Å². The van der Waals surface area contributed by atoms with Gasteiger partial charge in [-0.3, -0.25) is 9.69 Å². The molecular formula is C22H28F3N5O2. The summed E-state index contributed by atoms with van der Waals surface area (Å²) < 4.78 is 42.2. The molecule has 2 aromatic rings. The lowest BCUT2D eigenvalue weighted by molar-refractivity contribution is -0.274. The van der Waals surface area contributed by atoms with E-state index in [1.807, 2.05) is 4.90 Å². The zero-order chi connectivity index (χ0) is 23.1. The quantitative estimate of drug-likeness (QED) is 0.622. The van der Waals surface area contributed by atoms with Crippen molar-refractivity contribution in [2.75, 3.05) is 63.6 Å². The number of nitrogens with one attached hydrogen (secondary N) is 1. The van der Waals surface area contributed by atoms with Gasteiger partial charge < -0.3 is 19.9 Å². The number of carbonyl (C=O) groups excluding carboxylic acids is 1. The Morgan fingerprint density at radius 2 is 1.84 bits per heavy atom. The van der Waals surface area contributed by atoms with Gasteiger partial charge in [0.1, 0.15) is 5.82 Å². The Hall–Kier alpha value is -3.01. The van der Waals surface area contributed by atoms with E-state index < -0.39 is 6.36 Å². The Balaban J connectivity index is 1.46. The number of pyridine rings is 1. The van der Waals surface area contributed by atoms with E-state index in [9.17, 15) is 18.0 Å². The largest absolute Gasteiger partial charge is 0.573 e. The number of benzene rings is 1. The molecule has 0 spiro atoms. The van der Waals surface area contributed by atoms with E-state index in [0.29, 0.717) is 36.7 Å². The molecule has 1 saturated heterocycles. The number of ether oxygens (including phenoxy) is 1. The highest BCUT2D eigenvalue weighted by Gasteiger charge is 2.33. The maximum Gasteiger partial charge on any atom is 0.573 e. The fourth-order valence-corrected chi connectivity index (χ4v) is 3.61. The second-order valence-corrected chi connectivity index (χ2v) is 7.72. The molecule has 0 unspecified atom stereocenters. The van der Waals surface area contributed by atoms with Crippen LogP contribution in [0.25, 0.3) is 0 Å². The van der Waals surface area contributed by atoms with Crippen LogP contribution < -0.4 is 15.0 Å². The third-order valence-electron chi connectivity index (χ3n) is 5.19. The minimum Gasteiger partial charge on any atom is -0.404 e. The maximum absolute atomic E-state index is 12.7. The summed E-state index contributed by atoms with van der Waals surface area (Å²) in [7, 11) is 3.40. The van der Waals surface area contributed by atoms with Crippen LogP contribution in [0.15, 0.2) is 42.6 Å². The van der Waals surface area contributed by atoms with Crippen molar-refractivity contribution in [3.63, 3.8) is 0 Å². The Morgan fingerprint density at radius 3 is 2.53 bits per heavy atom. The molecular weight excluding hydrogens is 423 g/mol. The average molecular weight is 451 g/mol. The molecule has 2 heterocycles. The lowest BCUT2D eigenvalue weighted by atomic mass is 10.2. The van der Waals surface area contributed by atoms with Gasteiger partial charge in [0.25, 0.3) is 5.91 Å². The van der Waals surface area contributed by atoms with Crippen LogP contribution in [0.2, 0.25) is 0 Å². The molecule has 174 valence electrons. The third-order valence-corrected chi connectivity index (χ3v) is 5.19. The fourth-order valence-electron chi connectivity index (χ4n) is 3.61. The molecule has 1 fully saturated rings. The van der Waals surface area contributed by atoms with Crippen molar-refractivity contribution in [1.29, 1.82) is 0 Å². The summed E-state index contributed by atoms with van der Waals surface area (Å²) in [5.41, 5.74) is 0.991. The van der Waals surface area contributed by atoms with Gasteiger partial charge in [0.2, 0.25) is 0 Å². The van der Waals surface area contributed by atoms with Crippen LogP contribution >= 0.6 is 0 Å². The molecule has 10 heteroatoms. The smallest absolute Gasteiger partial charge is 0.404 e. The van der Waals surface area contributed by atoms with E-state index in [1.54, 1.807) is 44.6 Å². The molecule has 1 aliphatic rings. The number of hydrogen-bond acceptors (Lipinski definition) is 6. The number of amides is 1. The normalized spacial score (nSPS) is 14.8. The minimum absolute atomic E-state index is 0.105. The number of nitrogens with zero attached hydrogens (tertiary/aromatic N) is 4. The monoisotopic (exact) mass is 451 g/mol. The van der Waals surface area contributed by atoms with Crippen molar-refractivity contribution in [3.05, 3.63) is 48.2 Å². The second-order valence-electron chi connectivity index (χ2n) is 7.72. The van der Waals surface area contributed by atoms with E-state index in [1.165, 1.54) is 17.0 Å². The molecule has 0 aliphatic carbocycles. The van der Waals surface area contributed by atoms with E-state index >= 15 is 0 Å². The molecule has 1 amide bonds. The number of piperazine rings is 1. The first kappa shape index (κ1) is 23.6. The highest BCUT2D eigenvalue weighted by molar-refractivity contribution is 5.98. The number of halogens is 3. The summed E-state index contributed by atoms with van der Waals surface area (Å²) in [6, 6.07) is 9.72. The molecule has 7 nitrogen and oxygen atoms in total. The van der Waals surface area contributed by atoms with E-state index in [0.717, 1.165) is 26.1 Å². The molecule has 0 saturated carbocycles. The summed E-state index contributed by atoms with van der Waals surface area (Å²) in [5, 5.41) is 3.23. The Labute approximate surface area is 185 Å². The number of carbonyl (C=O) groups is 1. The van der Waals surface area contributed by atoms with Gasteiger partial charge in [0, 0.05) is 53.0 Å². The van der Waals surface area contributed by atoms with E-state index in [4.69, 9.17) is 0 Å². The molecule has 0 radical (unpaired) electrons. The van der Waals surface area contributed by atoms with Crippen molar-refractivity contribution in [3.8, 4) is 5.75 Å². The molecule has 0 bridgehead atoms. The van der Waals surface area contributed by atoms with Gasteiger partial charge in [-0.15, -0.1) is 13.2 Å². The third kappa shape index (κ3) is 6.49. The lowest BCUT2D eigenvalue weighted by Gasteiger charge is -2.36. The van der Waals surface area contributed by atoms with Crippen molar-refractivity contribution in [2.24, 2.45) is 0 Å². The van der Waals surface area contributed by atoms with Crippen LogP contribution in [0.4, 0.5) is 24.7 Å². The standard InChI is InChI=1S/C22H28F3N5O2/c1-28(2)21(31)17-7-5-10-26-20(17)27-11-6-12-29-13-15-30(16-14-29)18-8-3-4-9-19(18)32-22(23,24)25/h3-5,7-10H,6,11-16H2,1-2H3,(H,26,27). The van der Waals surface area contributed by atoms with E-state index in [2.05, 4.69) is 19.9 Å². The summed E-state index contributed by atoms with van der Waals surface area (Å²) in [6.07, 6.45) is -2.22. The Bertz CT molecular complexity index is 899. The number of rotatable bonds is 8. The highest BCUT2D eigenvalue weighted by Crippen LogP contribution is 2.33. The predicted octanol–water partition coefficient (Wildman–Crippen LogP) is 3.31. The fraction of sp³-hybridized carbons (Fsp3) is 0.455. The van der Waals surface area contributed by atoms with Crippen molar-refractivity contribution >= 4 is 17.4 Å². The first-order valence-electron chi connectivity index (χ1n) is 10.5. The van der Waals surface area contributed by atoms with Crippen LogP contribution in [0.5, 0.6) is 5.75 Å². The van der Waals surface area contributed by atoms with Gasteiger partial charge in [-0.2, -0.15) is 0 Å². The molecule has 32 heavy (non-hydrogen) atoms. The molecule has 0 atom stereocenters. The van der Waals surface area contributed by atoms with Crippen LogP contribution in [0.3, 0.4) is 0 Å². The topological polar surface area (TPSA) is 60.9 Å². The SMILES string of the molecule is CN(C)C(=O)c1cccnc1NCCCN1CCN(c2ccccc2OC(F)(F)F)CC1. The van der Waals surface area contributed by atoms with Crippen molar-refractivity contribution < 1.29 is 22.7 Å². The Morgan fingerprint density at radius 1 is 1.12 bits per heavy atom. The number of alkyl halides is 3. The zero-order valence-corrected chi connectivity index (χ0v) is 18.2. The van der Waals surface area contributed by atoms with Crippen LogP contribution in [0, 0.1) is 0 Å². The molecule has 1 aromatic heterocycles. The second kappa shape index (κ2) is 10.5. The van der Waals surface area contributed by atoms with Crippen LogP contribution in [-0.2, 0) is 0 Å². The number of anilines is 2. The number of para-hydroxylation sites is 2. The highest BCUT2D eigenvalue weighted by atomic mass is 19.4. The summed E-state index contributed by atoms with van der Waals surface area (Å²) in [5.74, 6) is 0.292. The predicted molar refractivity (Wildman–Crippen MR) is 117 cm³/mol. The van der Waals surface area contributed by atoms with Gasteiger partial charge in [0.05, 0.1) is 11.3 Å². The van der Waals surface area contributed by atoms with Gasteiger partial charge in [-0.05, 0) is 37.2 Å². The van der Waals surface area contributed by atoms with Gasteiger partial charge in [-0.1, -0.05) is 12.1 Å². The molecule has 1 N–H and O–H groups in total. The molecule has 1 aliphatic heterocycles. The first-order chi connectivity index (χ1) is 15.2. The summed E-state index contributed by atoms with van der Waals surface area (Å²) >= 11 is 0. The number of aromatic nitrogens is 1. The number of hydrogen-bond donors (Lipinski definition) is 1. The summed E-state index contributed by atoms with van der Waals surface area (Å²) in [6.45, 7) is 4.22. The van der Waals surface area contributed by atoms with Gasteiger partial charge in [0.15, 0.2) is 5.75 Å². The molecule has 1 aromatic carbocycles. The van der Waals surface area contributed by atoms with Crippen LogP contribution in [0.1, 0.15) is 16.8 Å². The first-order valence-corrected chi connectivity index (χ1v) is 10.5. The molecule has 3 rings (SSSR count). The van der Waals surface area contributed by atoms with Crippen molar-refractivity contribution in [1.82, 2.24) is 14.8 Å². The maximum atomic E-state index is 12.7. The minimum atomic E-state index is -4.71. The lowest BCUT2D eigenvalue weighted by Crippen LogP contribution is -2.47. The summed E-state index contributed by atoms with van der Waals surface area (Å²) in [4.78, 5) is 22.2. The van der Waals surface area contributed by atoms with Gasteiger partial charge in [-0.25, -0.2) is 4.98 Å².